The highest BCUT2D eigenvalue weighted by atomic mass is 35.5. The van der Waals surface area contributed by atoms with Gasteiger partial charge in [0.1, 0.15) is 16.9 Å². The average Bonchev–Trinajstić information content (AvgIpc) is 2.53. The third-order valence-electron chi connectivity index (χ3n) is 3.69. The molecule has 0 spiro atoms. The first-order chi connectivity index (χ1) is 11.9. The lowest BCUT2D eigenvalue weighted by atomic mass is 10.1. The number of carbonyl (C=O) groups excluding carboxylic acids is 1. The Morgan fingerprint density at radius 1 is 1.20 bits per heavy atom. The van der Waals surface area contributed by atoms with Crippen molar-refractivity contribution in [3.05, 3.63) is 62.2 Å². The Labute approximate surface area is 152 Å². The molecule has 0 atom stereocenters. The third kappa shape index (κ3) is 3.38. The molecule has 0 aliphatic rings. The van der Waals surface area contributed by atoms with Crippen LogP contribution < -0.4 is 16.2 Å². The van der Waals surface area contributed by atoms with Crippen molar-refractivity contribution >= 4 is 57.1 Å². The molecule has 0 amide bonds. The van der Waals surface area contributed by atoms with Crippen molar-refractivity contribution in [2.45, 2.75) is 6.92 Å². The molecule has 0 aliphatic carbocycles. The molecule has 0 saturated carbocycles. The van der Waals surface area contributed by atoms with Crippen molar-refractivity contribution in [1.29, 1.82) is 0 Å². The second-order valence-electron chi connectivity index (χ2n) is 5.44. The summed E-state index contributed by atoms with van der Waals surface area (Å²) in [5.74, 6) is -0.185. The van der Waals surface area contributed by atoms with E-state index in [0.29, 0.717) is 32.3 Å². The van der Waals surface area contributed by atoms with Gasteiger partial charge in [0.15, 0.2) is 11.5 Å². The normalized spacial score (nSPS) is 10.9. The number of nitrogens with two attached hydrogens (primary N) is 1. The van der Waals surface area contributed by atoms with Crippen molar-refractivity contribution in [3.8, 4) is 0 Å². The number of rotatable bonds is 4. The number of aromatic nitrogens is 1. The number of fused-ring (bicyclic) bond motifs is 1. The quantitative estimate of drug-likeness (QED) is 0.317. The van der Waals surface area contributed by atoms with E-state index in [1.807, 2.05) is 0 Å². The van der Waals surface area contributed by atoms with Gasteiger partial charge >= 0.3 is 0 Å². The van der Waals surface area contributed by atoms with Crippen LogP contribution in [0.3, 0.4) is 0 Å². The molecule has 0 radical (unpaired) electrons. The molecule has 3 rings (SSSR count). The number of carbonyl (C=O) groups is 1. The molecule has 1 heterocycles. The van der Waals surface area contributed by atoms with E-state index in [9.17, 15) is 14.8 Å². The van der Waals surface area contributed by atoms with E-state index in [2.05, 4.69) is 10.3 Å². The summed E-state index contributed by atoms with van der Waals surface area (Å²) in [6.07, 6.45) is 0. The lowest BCUT2D eigenvalue weighted by Crippen LogP contribution is -2.73. The fourth-order valence-electron chi connectivity index (χ4n) is 2.64. The number of H-pyrrole nitrogens is 1. The van der Waals surface area contributed by atoms with Gasteiger partial charge in [-0.15, -0.1) is 0 Å². The number of pyridine rings is 1. The van der Waals surface area contributed by atoms with Crippen LogP contribution in [0, 0.1) is 0 Å². The first kappa shape index (κ1) is 17.4. The number of para-hydroxylation sites is 1. The first-order valence-corrected chi connectivity index (χ1v) is 8.07. The van der Waals surface area contributed by atoms with Crippen LogP contribution >= 0.6 is 23.2 Å². The molecule has 0 saturated heterocycles. The fourth-order valence-corrected chi connectivity index (χ4v) is 3.17. The molecule has 0 bridgehead atoms. The summed E-state index contributed by atoms with van der Waals surface area (Å²) in [6.45, 7) is 1.31. The van der Waals surface area contributed by atoms with E-state index in [0.717, 1.165) is 5.48 Å². The number of hydrogen-bond donors (Lipinski definition) is 4. The molecule has 128 valence electrons. The Hall–Kier alpha value is -2.38. The highest BCUT2D eigenvalue weighted by Crippen LogP contribution is 2.27. The number of nitrogens with one attached hydrogen (secondary N) is 2. The van der Waals surface area contributed by atoms with Crippen molar-refractivity contribution in [2.75, 3.05) is 5.32 Å². The van der Waals surface area contributed by atoms with E-state index in [1.54, 1.807) is 36.4 Å². The van der Waals surface area contributed by atoms with Crippen LogP contribution in [0.25, 0.3) is 10.9 Å². The van der Waals surface area contributed by atoms with E-state index in [-0.39, 0.29) is 11.4 Å². The van der Waals surface area contributed by atoms with E-state index < -0.39 is 11.2 Å². The molecular weight excluding hydrogens is 365 g/mol. The Bertz CT molecular complexity index is 1030. The monoisotopic (exact) mass is 378 g/mol. The lowest BCUT2D eigenvalue weighted by molar-refractivity contribution is -0.824. The highest BCUT2D eigenvalue weighted by molar-refractivity contribution is 6.35. The standard InChI is InChI=1S/C17H13Cl2N3O3/c1-8(23)14-16(24)12-3-2-4-13(22-25)15(12)21-17(14)20-11-6-9(18)5-10(19)7-11/h2-7,22,25H,1H3,(H2,20,21,24)/p+1. The fraction of sp³-hybridized carbons (Fsp3) is 0.0588. The SMILES string of the molecule is CC(=O)c1c(Nc2cc(Cl)cc(Cl)c2)[nH]c2c([NH2+]O)cccc2c1=O. The van der Waals surface area contributed by atoms with Gasteiger partial charge in [-0.2, -0.15) is 5.48 Å². The van der Waals surface area contributed by atoms with Crippen molar-refractivity contribution in [3.63, 3.8) is 0 Å². The minimum Gasteiger partial charge on any atom is -0.341 e. The topological polar surface area (TPSA) is 98.8 Å². The molecule has 6 nitrogen and oxygen atoms in total. The number of anilines is 2. The Morgan fingerprint density at radius 2 is 1.88 bits per heavy atom. The van der Waals surface area contributed by atoms with Crippen LogP contribution in [0.5, 0.6) is 0 Å². The summed E-state index contributed by atoms with van der Waals surface area (Å²) >= 11 is 12.0. The van der Waals surface area contributed by atoms with Gasteiger partial charge in [-0.1, -0.05) is 29.3 Å². The zero-order valence-electron chi connectivity index (χ0n) is 13.1. The van der Waals surface area contributed by atoms with Crippen LogP contribution in [-0.2, 0) is 0 Å². The number of benzene rings is 2. The number of halogens is 2. The summed E-state index contributed by atoms with van der Waals surface area (Å²) in [7, 11) is 0. The van der Waals surface area contributed by atoms with Crippen LogP contribution in [-0.4, -0.2) is 16.0 Å². The molecule has 0 fully saturated rings. The predicted octanol–water partition coefficient (Wildman–Crippen LogP) is 3.37. The van der Waals surface area contributed by atoms with E-state index in [1.165, 1.54) is 6.92 Å². The third-order valence-corrected chi connectivity index (χ3v) is 4.13. The molecule has 0 unspecified atom stereocenters. The van der Waals surface area contributed by atoms with Crippen LogP contribution in [0.2, 0.25) is 10.0 Å². The average molecular weight is 379 g/mol. The van der Waals surface area contributed by atoms with Gasteiger partial charge in [-0.25, -0.2) is 5.21 Å². The van der Waals surface area contributed by atoms with Crippen molar-refractivity contribution in [2.24, 2.45) is 0 Å². The summed E-state index contributed by atoms with van der Waals surface area (Å²) in [5, 5.41) is 13.5. The highest BCUT2D eigenvalue weighted by Gasteiger charge is 2.19. The zero-order valence-corrected chi connectivity index (χ0v) is 14.6. The summed E-state index contributed by atoms with van der Waals surface area (Å²) in [6, 6.07) is 9.67. The maximum atomic E-state index is 12.8. The van der Waals surface area contributed by atoms with Gasteiger partial charge in [-0.3, -0.25) is 9.59 Å². The Morgan fingerprint density at radius 3 is 2.48 bits per heavy atom. The number of hydrogen-bond acceptors (Lipinski definition) is 4. The van der Waals surface area contributed by atoms with Crippen LogP contribution in [0.4, 0.5) is 17.2 Å². The number of ketones is 1. The minimum atomic E-state index is -0.430. The lowest BCUT2D eigenvalue weighted by Gasteiger charge is -2.13. The number of Topliss-reactive ketones (excluding diaryl/α,β-unsaturated/α-hetero) is 1. The van der Waals surface area contributed by atoms with Gasteiger partial charge in [0.25, 0.3) is 0 Å². The molecular formula is C17H14Cl2N3O3+. The minimum absolute atomic E-state index is 0.0151. The molecule has 8 heteroatoms. The van der Waals surface area contributed by atoms with Gasteiger partial charge in [-0.05, 0) is 31.2 Å². The molecule has 3 aromatic rings. The maximum Gasteiger partial charge on any atom is 0.202 e. The van der Waals surface area contributed by atoms with Crippen molar-refractivity contribution < 1.29 is 15.5 Å². The second-order valence-corrected chi connectivity index (χ2v) is 6.32. The largest absolute Gasteiger partial charge is 0.341 e. The summed E-state index contributed by atoms with van der Waals surface area (Å²) in [5.41, 5.74) is 1.80. The molecule has 5 N–H and O–H groups in total. The Balaban J connectivity index is 2.27. The zero-order chi connectivity index (χ0) is 18.1. The second kappa shape index (κ2) is 6.85. The van der Waals surface area contributed by atoms with Gasteiger partial charge in [0.05, 0.1) is 5.39 Å². The van der Waals surface area contributed by atoms with E-state index >= 15 is 0 Å². The summed E-state index contributed by atoms with van der Waals surface area (Å²) in [4.78, 5) is 27.8. The van der Waals surface area contributed by atoms with Crippen molar-refractivity contribution in [1.82, 2.24) is 4.98 Å². The van der Waals surface area contributed by atoms with Gasteiger partial charge < -0.3 is 10.3 Å². The summed E-state index contributed by atoms with van der Waals surface area (Å²) < 4.78 is 0. The Kier molecular flexibility index (Phi) is 4.78. The number of aromatic amines is 1. The van der Waals surface area contributed by atoms with Gasteiger partial charge in [0.2, 0.25) is 5.43 Å². The predicted molar refractivity (Wildman–Crippen MR) is 97.7 cm³/mol. The first-order valence-electron chi connectivity index (χ1n) is 7.31. The molecule has 2 aromatic carbocycles. The molecule has 1 aromatic heterocycles. The van der Waals surface area contributed by atoms with E-state index in [4.69, 9.17) is 23.2 Å². The van der Waals surface area contributed by atoms with Gasteiger partial charge in [0, 0.05) is 21.8 Å². The van der Waals surface area contributed by atoms with Crippen LogP contribution in [0.1, 0.15) is 17.3 Å². The number of quaternary nitrogens is 1. The van der Waals surface area contributed by atoms with Crippen LogP contribution in [0.15, 0.2) is 41.2 Å². The molecule has 25 heavy (non-hydrogen) atoms. The smallest absolute Gasteiger partial charge is 0.202 e. The maximum absolute atomic E-state index is 12.8. The molecule has 0 aliphatic heterocycles.